The van der Waals surface area contributed by atoms with Gasteiger partial charge in [-0.05, 0) is 41.8 Å². The van der Waals surface area contributed by atoms with Gasteiger partial charge in [0.25, 0.3) is 5.91 Å². The van der Waals surface area contributed by atoms with E-state index < -0.39 is 12.0 Å². The molecule has 0 bridgehead atoms. The summed E-state index contributed by atoms with van der Waals surface area (Å²) in [5.74, 6) is -1.45. The van der Waals surface area contributed by atoms with Crippen molar-refractivity contribution in [3.8, 4) is 0 Å². The van der Waals surface area contributed by atoms with Crippen molar-refractivity contribution in [2.24, 2.45) is 5.92 Å². The first-order chi connectivity index (χ1) is 13.4. The molecule has 0 saturated heterocycles. The first-order valence-electron chi connectivity index (χ1n) is 9.50. The minimum absolute atomic E-state index is 0.142. The number of nitrogens with one attached hydrogen (secondary N) is 1. The lowest BCUT2D eigenvalue weighted by atomic mass is 9.98. The van der Waals surface area contributed by atoms with Gasteiger partial charge in [0.05, 0.1) is 4.88 Å². The number of carboxylic acids is 1. The summed E-state index contributed by atoms with van der Waals surface area (Å²) in [5, 5.41) is 13.3. The Balaban J connectivity index is 1.98. The number of aliphatic carboxylic acids is 1. The largest absolute Gasteiger partial charge is 0.480 e. The number of rotatable bonds is 7. The van der Waals surface area contributed by atoms with Crippen molar-refractivity contribution in [3.63, 3.8) is 0 Å². The van der Waals surface area contributed by atoms with Crippen molar-refractivity contribution in [1.82, 2.24) is 5.32 Å². The second kappa shape index (κ2) is 8.57. The minimum atomic E-state index is -0.996. The van der Waals surface area contributed by atoms with Crippen molar-refractivity contribution in [3.05, 3.63) is 70.1 Å². The minimum Gasteiger partial charge on any atom is -0.480 e. The highest BCUT2D eigenvalue weighted by atomic mass is 32.1. The van der Waals surface area contributed by atoms with Crippen LogP contribution in [-0.2, 0) is 11.2 Å². The van der Waals surface area contributed by atoms with E-state index in [0.29, 0.717) is 17.7 Å². The third kappa shape index (κ3) is 4.25. The summed E-state index contributed by atoms with van der Waals surface area (Å²) in [6, 6.07) is 15.3. The fourth-order valence-electron chi connectivity index (χ4n) is 3.26. The first-order valence-corrected chi connectivity index (χ1v) is 10.3. The molecule has 0 aliphatic heterocycles. The van der Waals surface area contributed by atoms with Crippen LogP contribution >= 0.6 is 11.3 Å². The zero-order chi connectivity index (χ0) is 20.3. The molecule has 2 atom stereocenters. The maximum atomic E-state index is 13.1. The molecule has 3 aromatic rings. The van der Waals surface area contributed by atoms with Crippen LogP contribution < -0.4 is 5.32 Å². The van der Waals surface area contributed by atoms with E-state index in [2.05, 4.69) is 29.6 Å². The van der Waals surface area contributed by atoms with Crippen LogP contribution in [0.3, 0.4) is 0 Å². The average molecular weight is 396 g/mol. The molecular formula is C23H25NO3S. The van der Waals surface area contributed by atoms with Gasteiger partial charge in [-0.2, -0.15) is 0 Å². The lowest BCUT2D eigenvalue weighted by Gasteiger charge is -2.20. The predicted octanol–water partition coefficient (Wildman–Crippen LogP) is 5.03. The van der Waals surface area contributed by atoms with Crippen LogP contribution in [0.2, 0.25) is 0 Å². The van der Waals surface area contributed by atoms with Gasteiger partial charge in [0.2, 0.25) is 0 Å². The summed E-state index contributed by atoms with van der Waals surface area (Å²) in [6.45, 7) is 5.82. The number of hydrogen-bond donors (Lipinski definition) is 2. The van der Waals surface area contributed by atoms with Crippen LogP contribution in [0.4, 0.5) is 0 Å². The van der Waals surface area contributed by atoms with Gasteiger partial charge < -0.3 is 10.4 Å². The molecule has 2 unspecified atom stereocenters. The summed E-state index contributed by atoms with van der Waals surface area (Å²) in [7, 11) is 0. The number of benzene rings is 2. The summed E-state index contributed by atoms with van der Waals surface area (Å²) in [4.78, 5) is 25.3. The maximum absolute atomic E-state index is 13.1. The van der Waals surface area contributed by atoms with Gasteiger partial charge >= 0.3 is 5.97 Å². The van der Waals surface area contributed by atoms with Crippen molar-refractivity contribution in [2.75, 3.05) is 0 Å². The summed E-state index contributed by atoms with van der Waals surface area (Å²) >= 11 is 1.42. The molecule has 0 saturated carbocycles. The molecular weight excluding hydrogens is 370 g/mol. The highest BCUT2D eigenvalue weighted by Gasteiger charge is 2.28. The second-order valence-corrected chi connectivity index (χ2v) is 8.30. The zero-order valence-electron chi connectivity index (χ0n) is 16.4. The Bertz CT molecular complexity index is 991. The zero-order valence-corrected chi connectivity index (χ0v) is 17.2. The Hall–Kier alpha value is -2.66. The lowest BCUT2D eigenvalue weighted by molar-refractivity contribution is -0.140. The SMILES string of the molecule is CCC(C)C(NC(=O)c1sc2ccccc2c1Cc1ccc(C)cc1)C(=O)O. The number of amides is 1. The fourth-order valence-corrected chi connectivity index (χ4v) is 4.38. The van der Waals surface area contributed by atoms with Gasteiger partial charge in [-0.1, -0.05) is 68.3 Å². The number of carbonyl (C=O) groups is 2. The summed E-state index contributed by atoms with van der Waals surface area (Å²) in [5.41, 5.74) is 3.27. The maximum Gasteiger partial charge on any atom is 0.326 e. The lowest BCUT2D eigenvalue weighted by Crippen LogP contribution is -2.45. The molecule has 1 heterocycles. The Morgan fingerprint density at radius 3 is 2.43 bits per heavy atom. The third-order valence-corrected chi connectivity index (χ3v) is 6.38. The molecule has 0 fully saturated rings. The molecule has 3 rings (SSSR count). The molecule has 146 valence electrons. The Labute approximate surface area is 169 Å². The molecule has 28 heavy (non-hydrogen) atoms. The number of fused-ring (bicyclic) bond motifs is 1. The number of hydrogen-bond acceptors (Lipinski definition) is 3. The topological polar surface area (TPSA) is 66.4 Å². The van der Waals surface area contributed by atoms with Crippen molar-refractivity contribution < 1.29 is 14.7 Å². The van der Waals surface area contributed by atoms with Crippen LogP contribution in [0.15, 0.2) is 48.5 Å². The number of aryl methyl sites for hydroxylation is 1. The van der Waals surface area contributed by atoms with E-state index in [1.165, 1.54) is 16.9 Å². The molecule has 1 amide bonds. The van der Waals surface area contributed by atoms with Gasteiger partial charge in [0.15, 0.2) is 0 Å². The molecule has 2 N–H and O–H groups in total. The van der Waals surface area contributed by atoms with E-state index in [0.717, 1.165) is 21.2 Å². The fraction of sp³-hybridized carbons (Fsp3) is 0.304. The van der Waals surface area contributed by atoms with Crippen molar-refractivity contribution >= 4 is 33.3 Å². The quantitative estimate of drug-likeness (QED) is 0.590. The Morgan fingerprint density at radius 1 is 1.11 bits per heavy atom. The van der Waals surface area contributed by atoms with E-state index in [-0.39, 0.29) is 11.8 Å². The number of carbonyl (C=O) groups excluding carboxylic acids is 1. The van der Waals surface area contributed by atoms with E-state index >= 15 is 0 Å². The highest BCUT2D eigenvalue weighted by Crippen LogP contribution is 2.33. The molecule has 4 nitrogen and oxygen atoms in total. The molecule has 0 aliphatic rings. The van der Waals surface area contributed by atoms with Gasteiger partial charge in [-0.15, -0.1) is 11.3 Å². The third-order valence-electron chi connectivity index (χ3n) is 5.17. The Morgan fingerprint density at radius 2 is 1.79 bits per heavy atom. The Kier molecular flexibility index (Phi) is 6.15. The van der Waals surface area contributed by atoms with E-state index in [4.69, 9.17) is 0 Å². The standard InChI is InChI=1S/C23H25NO3S/c1-4-15(3)20(23(26)27)24-22(25)21-18(13-16-11-9-14(2)10-12-16)17-7-5-6-8-19(17)28-21/h5-12,15,20H,4,13H2,1-3H3,(H,24,25)(H,26,27). The number of thiophene rings is 1. The molecule has 2 aromatic carbocycles. The van der Waals surface area contributed by atoms with Gasteiger partial charge in [0, 0.05) is 4.70 Å². The van der Waals surface area contributed by atoms with Crippen molar-refractivity contribution in [2.45, 2.75) is 39.7 Å². The van der Waals surface area contributed by atoms with E-state index in [1.807, 2.05) is 45.0 Å². The summed E-state index contributed by atoms with van der Waals surface area (Å²) < 4.78 is 1.03. The first kappa shape index (κ1) is 20.1. The van der Waals surface area contributed by atoms with Crippen LogP contribution in [0.25, 0.3) is 10.1 Å². The van der Waals surface area contributed by atoms with E-state index in [1.54, 1.807) is 0 Å². The van der Waals surface area contributed by atoms with Crippen LogP contribution in [-0.4, -0.2) is 23.0 Å². The normalized spacial score (nSPS) is 13.2. The van der Waals surface area contributed by atoms with Gasteiger partial charge in [0.1, 0.15) is 6.04 Å². The van der Waals surface area contributed by atoms with Crippen LogP contribution in [0, 0.1) is 12.8 Å². The average Bonchev–Trinajstić information content (AvgIpc) is 3.05. The molecule has 1 aromatic heterocycles. The second-order valence-electron chi connectivity index (χ2n) is 7.24. The number of carboxylic acid groups (broad SMARTS) is 1. The monoisotopic (exact) mass is 395 g/mol. The van der Waals surface area contributed by atoms with E-state index in [9.17, 15) is 14.7 Å². The van der Waals surface area contributed by atoms with Crippen LogP contribution in [0.1, 0.15) is 46.6 Å². The van der Waals surface area contributed by atoms with Gasteiger partial charge in [-0.25, -0.2) is 4.79 Å². The molecule has 0 aliphatic carbocycles. The molecule has 0 radical (unpaired) electrons. The van der Waals surface area contributed by atoms with Crippen LogP contribution in [0.5, 0.6) is 0 Å². The molecule has 0 spiro atoms. The van der Waals surface area contributed by atoms with Gasteiger partial charge in [-0.3, -0.25) is 4.79 Å². The molecule has 5 heteroatoms. The van der Waals surface area contributed by atoms with Crippen molar-refractivity contribution in [1.29, 1.82) is 0 Å². The smallest absolute Gasteiger partial charge is 0.326 e. The predicted molar refractivity (Wildman–Crippen MR) is 114 cm³/mol. The highest BCUT2D eigenvalue weighted by molar-refractivity contribution is 7.21. The summed E-state index contributed by atoms with van der Waals surface area (Å²) in [6.07, 6.45) is 1.31.